The molecule has 22 heavy (non-hydrogen) atoms. The van der Waals surface area contributed by atoms with Gasteiger partial charge in [0.2, 0.25) is 0 Å². The minimum atomic E-state index is -0.306. The van der Waals surface area contributed by atoms with Gasteiger partial charge in [-0.05, 0) is 30.5 Å². The maximum Gasteiger partial charge on any atom is 0.187 e. The van der Waals surface area contributed by atoms with Gasteiger partial charge in [0.15, 0.2) is 5.16 Å². The molecule has 0 fully saturated rings. The van der Waals surface area contributed by atoms with Crippen molar-refractivity contribution in [2.75, 3.05) is 11.6 Å². The van der Waals surface area contributed by atoms with Gasteiger partial charge >= 0.3 is 0 Å². The lowest BCUT2D eigenvalue weighted by molar-refractivity contribution is 0.628. The molecular weight excluding hydrogens is 301 g/mol. The molecule has 3 aromatic rings. The second-order valence-corrected chi connectivity index (χ2v) is 5.13. The Morgan fingerprint density at radius 2 is 1.95 bits per heavy atom. The van der Waals surface area contributed by atoms with E-state index in [-0.39, 0.29) is 5.82 Å². The van der Waals surface area contributed by atoms with Crippen molar-refractivity contribution in [3.63, 3.8) is 0 Å². The molecule has 0 saturated heterocycles. The van der Waals surface area contributed by atoms with E-state index in [1.165, 1.54) is 30.2 Å². The fourth-order valence-corrected chi connectivity index (χ4v) is 2.22. The predicted molar refractivity (Wildman–Crippen MR) is 84.5 cm³/mol. The molecule has 0 radical (unpaired) electrons. The average molecular weight is 313 g/mol. The number of hydrogen-bond acceptors (Lipinski definition) is 6. The van der Waals surface area contributed by atoms with E-state index in [9.17, 15) is 4.39 Å². The molecule has 3 rings (SSSR count). The molecule has 0 aliphatic rings. The third-order valence-electron chi connectivity index (χ3n) is 2.84. The first-order chi connectivity index (χ1) is 10.7. The molecule has 0 saturated carbocycles. The Morgan fingerprint density at radius 1 is 1.05 bits per heavy atom. The molecule has 0 spiro atoms. The lowest BCUT2D eigenvalue weighted by Gasteiger charge is -2.07. The number of halogens is 1. The van der Waals surface area contributed by atoms with Crippen LogP contribution in [-0.4, -0.2) is 26.2 Å². The van der Waals surface area contributed by atoms with Crippen molar-refractivity contribution in [3.8, 4) is 11.4 Å². The van der Waals surface area contributed by atoms with Gasteiger partial charge in [-0.15, -0.1) is 0 Å². The van der Waals surface area contributed by atoms with Crippen LogP contribution in [0.2, 0.25) is 0 Å². The first kappa shape index (κ1) is 14.4. The predicted octanol–water partition coefficient (Wildman–Crippen LogP) is 3.54. The van der Waals surface area contributed by atoms with Crippen molar-refractivity contribution in [2.45, 2.75) is 5.16 Å². The molecule has 0 unspecified atom stereocenters. The van der Waals surface area contributed by atoms with Crippen molar-refractivity contribution in [1.82, 2.24) is 19.9 Å². The van der Waals surface area contributed by atoms with E-state index in [0.29, 0.717) is 28.0 Å². The van der Waals surface area contributed by atoms with Crippen LogP contribution < -0.4 is 5.32 Å². The Bertz CT molecular complexity index is 796. The number of anilines is 2. The number of rotatable bonds is 4. The van der Waals surface area contributed by atoms with Gasteiger partial charge in [-0.2, -0.15) is 0 Å². The molecule has 110 valence electrons. The molecule has 5 nitrogen and oxygen atoms in total. The van der Waals surface area contributed by atoms with Crippen LogP contribution in [0.4, 0.5) is 15.9 Å². The van der Waals surface area contributed by atoms with Crippen LogP contribution in [0, 0.1) is 5.82 Å². The number of thioether (sulfide) groups is 1. The van der Waals surface area contributed by atoms with Crippen molar-refractivity contribution < 1.29 is 4.39 Å². The zero-order valence-electron chi connectivity index (χ0n) is 11.7. The van der Waals surface area contributed by atoms with Crippen LogP contribution in [-0.2, 0) is 0 Å². The Hall–Kier alpha value is -2.54. The van der Waals surface area contributed by atoms with E-state index in [0.717, 1.165) is 0 Å². The van der Waals surface area contributed by atoms with Crippen LogP contribution in [0.5, 0.6) is 0 Å². The largest absolute Gasteiger partial charge is 0.340 e. The van der Waals surface area contributed by atoms with Crippen LogP contribution in [0.15, 0.2) is 54.1 Å². The maximum atomic E-state index is 13.2. The normalized spacial score (nSPS) is 10.5. The molecule has 2 aromatic heterocycles. The summed E-state index contributed by atoms with van der Waals surface area (Å²) in [6, 6.07) is 9.74. The summed E-state index contributed by atoms with van der Waals surface area (Å²) in [5.74, 6) is 0.264. The molecule has 2 heterocycles. The zero-order chi connectivity index (χ0) is 15.4. The van der Waals surface area contributed by atoms with Gasteiger partial charge in [-0.3, -0.25) is 0 Å². The van der Waals surface area contributed by atoms with Gasteiger partial charge in [0.1, 0.15) is 18.0 Å². The second kappa shape index (κ2) is 6.48. The van der Waals surface area contributed by atoms with E-state index >= 15 is 0 Å². The van der Waals surface area contributed by atoms with Crippen molar-refractivity contribution in [1.29, 1.82) is 0 Å². The van der Waals surface area contributed by atoms with Gasteiger partial charge in [-0.25, -0.2) is 24.3 Å². The Kier molecular flexibility index (Phi) is 4.24. The number of nitrogens with zero attached hydrogens (tertiary/aromatic N) is 4. The van der Waals surface area contributed by atoms with E-state index in [2.05, 4.69) is 25.3 Å². The summed E-state index contributed by atoms with van der Waals surface area (Å²) in [7, 11) is 0. The highest BCUT2D eigenvalue weighted by molar-refractivity contribution is 7.98. The molecule has 7 heteroatoms. The fourth-order valence-electron chi connectivity index (χ4n) is 1.86. The summed E-state index contributed by atoms with van der Waals surface area (Å²) in [6.07, 6.45) is 5.05. The minimum absolute atomic E-state index is 0.306. The fraction of sp³-hybridized carbons (Fsp3) is 0.0667. The van der Waals surface area contributed by atoms with Gasteiger partial charge in [-0.1, -0.05) is 17.8 Å². The molecular formula is C15H12FN5S. The van der Waals surface area contributed by atoms with Crippen molar-refractivity contribution in [3.05, 3.63) is 54.7 Å². The standard InChI is InChI=1S/C15H12FN5S/c1-22-15-17-6-5-12(21-15)13-8-14(19-9-18-13)20-11-4-2-3-10(16)7-11/h2-9H,1H3,(H,18,19,20). The average Bonchev–Trinajstić information content (AvgIpc) is 2.55. The first-order valence-electron chi connectivity index (χ1n) is 6.46. The molecule has 0 aliphatic heterocycles. The van der Waals surface area contributed by atoms with Gasteiger partial charge in [0.05, 0.1) is 11.4 Å². The number of hydrogen-bond donors (Lipinski definition) is 1. The summed E-state index contributed by atoms with van der Waals surface area (Å²) in [4.78, 5) is 16.9. The van der Waals surface area contributed by atoms with Gasteiger partial charge in [0, 0.05) is 18.0 Å². The van der Waals surface area contributed by atoms with Crippen LogP contribution in [0.3, 0.4) is 0 Å². The zero-order valence-corrected chi connectivity index (χ0v) is 12.5. The van der Waals surface area contributed by atoms with Gasteiger partial charge < -0.3 is 5.32 Å². The smallest absolute Gasteiger partial charge is 0.187 e. The summed E-state index contributed by atoms with van der Waals surface area (Å²) in [5, 5.41) is 3.72. The summed E-state index contributed by atoms with van der Waals surface area (Å²) >= 11 is 1.46. The van der Waals surface area contributed by atoms with E-state index in [1.807, 2.05) is 6.26 Å². The van der Waals surface area contributed by atoms with Crippen LogP contribution in [0.25, 0.3) is 11.4 Å². The quantitative estimate of drug-likeness (QED) is 0.587. The molecule has 1 aromatic carbocycles. The Morgan fingerprint density at radius 3 is 2.77 bits per heavy atom. The Labute approximate surface area is 131 Å². The minimum Gasteiger partial charge on any atom is -0.340 e. The highest BCUT2D eigenvalue weighted by Crippen LogP contribution is 2.21. The first-order valence-corrected chi connectivity index (χ1v) is 7.69. The number of benzene rings is 1. The molecule has 0 bridgehead atoms. The third-order valence-corrected chi connectivity index (χ3v) is 3.40. The van der Waals surface area contributed by atoms with Crippen molar-refractivity contribution >= 4 is 23.3 Å². The lowest BCUT2D eigenvalue weighted by atomic mass is 10.2. The monoisotopic (exact) mass is 313 g/mol. The maximum absolute atomic E-state index is 13.2. The summed E-state index contributed by atoms with van der Waals surface area (Å²) < 4.78 is 13.2. The van der Waals surface area contributed by atoms with Crippen LogP contribution in [0.1, 0.15) is 0 Å². The summed E-state index contributed by atoms with van der Waals surface area (Å²) in [6.45, 7) is 0. The molecule has 0 amide bonds. The second-order valence-electron chi connectivity index (χ2n) is 4.35. The van der Waals surface area contributed by atoms with E-state index in [1.54, 1.807) is 30.5 Å². The van der Waals surface area contributed by atoms with E-state index in [4.69, 9.17) is 0 Å². The molecule has 1 N–H and O–H groups in total. The lowest BCUT2D eigenvalue weighted by Crippen LogP contribution is -1.97. The van der Waals surface area contributed by atoms with Crippen molar-refractivity contribution in [2.24, 2.45) is 0 Å². The van der Waals surface area contributed by atoms with E-state index < -0.39 is 0 Å². The molecule has 0 atom stereocenters. The highest BCUT2D eigenvalue weighted by Gasteiger charge is 2.06. The summed E-state index contributed by atoms with van der Waals surface area (Å²) in [5.41, 5.74) is 2.01. The SMILES string of the molecule is CSc1nccc(-c2cc(Nc3cccc(F)c3)ncn2)n1. The topological polar surface area (TPSA) is 63.6 Å². The highest BCUT2D eigenvalue weighted by atomic mass is 32.2. The molecule has 0 aliphatic carbocycles. The Balaban J connectivity index is 1.89. The van der Waals surface area contributed by atoms with Gasteiger partial charge in [0.25, 0.3) is 0 Å². The third kappa shape index (κ3) is 3.37. The number of aromatic nitrogens is 4. The van der Waals surface area contributed by atoms with Crippen LogP contribution >= 0.6 is 11.8 Å². The number of nitrogens with one attached hydrogen (secondary N) is 1.